The monoisotopic (exact) mass is 284 g/mol. The number of benzene rings is 1. The molecule has 112 valence electrons. The van der Waals surface area contributed by atoms with Crippen LogP contribution in [0.3, 0.4) is 0 Å². The Morgan fingerprint density at radius 3 is 2.43 bits per heavy atom. The molecule has 21 heavy (non-hydrogen) atoms. The van der Waals surface area contributed by atoms with E-state index in [0.29, 0.717) is 0 Å². The fraction of sp³-hybridized carbons (Fsp3) is 0.389. The predicted octanol–water partition coefficient (Wildman–Crippen LogP) is 3.21. The summed E-state index contributed by atoms with van der Waals surface area (Å²) in [5.74, 6) is 0. The zero-order chi connectivity index (χ0) is 14.8. The van der Waals surface area contributed by atoms with Crippen molar-refractivity contribution in [2.45, 2.75) is 38.6 Å². The van der Waals surface area contributed by atoms with E-state index in [2.05, 4.69) is 29.6 Å². The summed E-state index contributed by atoms with van der Waals surface area (Å²) in [6, 6.07) is 16.1. The molecular weight excluding hydrogens is 260 g/mol. The number of nitrogens with one attached hydrogen (secondary N) is 1. The molecule has 1 aromatic carbocycles. The Labute approximate surface area is 127 Å². The zero-order valence-electron chi connectivity index (χ0n) is 12.5. The van der Waals surface area contributed by atoms with E-state index in [0.717, 1.165) is 36.4 Å². The van der Waals surface area contributed by atoms with Gasteiger partial charge < -0.3 is 10.5 Å². The molecule has 3 heteroatoms. The molecule has 1 N–H and O–H groups in total. The van der Waals surface area contributed by atoms with Crippen molar-refractivity contribution in [1.29, 1.82) is 0 Å². The predicted molar refractivity (Wildman–Crippen MR) is 85.7 cm³/mol. The summed E-state index contributed by atoms with van der Waals surface area (Å²) in [4.78, 5) is 0. The number of nitrogens with zero attached hydrogens (tertiary/aromatic N) is 1. The van der Waals surface area contributed by atoms with E-state index < -0.39 is 0 Å². The second-order valence-electron chi connectivity index (χ2n) is 5.34. The minimum atomic E-state index is 0.875. The van der Waals surface area contributed by atoms with Gasteiger partial charge in [-0.3, -0.25) is 0 Å². The van der Waals surface area contributed by atoms with Crippen LogP contribution in [0.1, 0.15) is 36.9 Å². The lowest BCUT2D eigenvalue weighted by Crippen LogP contribution is -2.30. The molecule has 0 saturated heterocycles. The molecule has 2 rings (SSSR count). The summed E-state index contributed by atoms with van der Waals surface area (Å²) in [5.41, 5.74) is 2.21. The molecule has 0 unspecified atom stereocenters. The second-order valence-corrected chi connectivity index (χ2v) is 5.34. The lowest BCUT2D eigenvalue weighted by Gasteiger charge is -2.05. The van der Waals surface area contributed by atoms with Gasteiger partial charge in [0.2, 0.25) is 0 Å². The van der Waals surface area contributed by atoms with Crippen molar-refractivity contribution in [3.63, 3.8) is 0 Å². The Bertz CT molecular complexity index is 514. The van der Waals surface area contributed by atoms with Crippen LogP contribution < -0.4 is 10.0 Å². The van der Waals surface area contributed by atoms with Gasteiger partial charge in [0.05, 0.1) is 0 Å². The average Bonchev–Trinajstić information content (AvgIpc) is 2.52. The average molecular weight is 284 g/mol. The van der Waals surface area contributed by atoms with Crippen molar-refractivity contribution < 1.29 is 4.73 Å². The molecule has 0 amide bonds. The first-order valence-electron chi connectivity index (χ1n) is 7.78. The molecule has 1 heterocycles. The van der Waals surface area contributed by atoms with E-state index in [1.807, 2.05) is 18.2 Å². The van der Waals surface area contributed by atoms with Gasteiger partial charge in [-0.25, -0.2) is 0 Å². The number of aromatic nitrogens is 1. The Morgan fingerprint density at radius 1 is 0.857 bits per heavy atom. The summed E-state index contributed by atoms with van der Waals surface area (Å²) in [6.45, 7) is 2.00. The second kappa shape index (κ2) is 9.14. The molecule has 0 aliphatic heterocycles. The van der Waals surface area contributed by atoms with E-state index in [1.54, 1.807) is 12.3 Å². The molecule has 0 saturated carbocycles. The van der Waals surface area contributed by atoms with Crippen molar-refractivity contribution in [2.24, 2.45) is 0 Å². The minimum Gasteiger partial charge on any atom is -0.619 e. The van der Waals surface area contributed by atoms with E-state index in [1.165, 1.54) is 24.8 Å². The molecule has 0 bridgehead atoms. The first-order chi connectivity index (χ1) is 10.4. The highest BCUT2D eigenvalue weighted by Gasteiger charge is 2.02. The summed E-state index contributed by atoms with van der Waals surface area (Å²) < 4.78 is 0.974. The van der Waals surface area contributed by atoms with Crippen molar-refractivity contribution >= 4 is 0 Å². The number of aryl methyl sites for hydroxylation is 1. The Kier molecular flexibility index (Phi) is 6.75. The molecular formula is C18H24N2O. The summed E-state index contributed by atoms with van der Waals surface area (Å²) in [7, 11) is 0. The molecule has 3 nitrogen and oxygen atoms in total. The molecule has 1 aromatic heterocycles. The fourth-order valence-corrected chi connectivity index (χ4v) is 2.40. The SMILES string of the molecule is [O-][n+]1ccccc1CCCCCCNCc1ccccc1. The highest BCUT2D eigenvalue weighted by molar-refractivity contribution is 5.14. The van der Waals surface area contributed by atoms with Gasteiger partial charge in [0, 0.05) is 25.1 Å². The lowest BCUT2D eigenvalue weighted by molar-refractivity contribution is -0.614. The summed E-state index contributed by atoms with van der Waals surface area (Å²) in [6.07, 6.45) is 7.13. The maximum absolute atomic E-state index is 11.5. The Hall–Kier alpha value is -1.87. The molecule has 0 aliphatic rings. The van der Waals surface area contributed by atoms with Crippen molar-refractivity contribution in [1.82, 2.24) is 5.32 Å². The first kappa shape index (κ1) is 15.5. The third-order valence-corrected chi connectivity index (χ3v) is 3.61. The quantitative estimate of drug-likeness (QED) is 0.436. The van der Waals surface area contributed by atoms with Gasteiger partial charge in [0.1, 0.15) is 0 Å². The number of hydrogen-bond acceptors (Lipinski definition) is 2. The van der Waals surface area contributed by atoms with Crippen LogP contribution in [0.2, 0.25) is 0 Å². The van der Waals surface area contributed by atoms with Crippen LogP contribution in [0, 0.1) is 5.21 Å². The van der Waals surface area contributed by atoms with Crippen LogP contribution >= 0.6 is 0 Å². The number of unbranched alkanes of at least 4 members (excludes halogenated alkanes) is 3. The van der Waals surface area contributed by atoms with Crippen LogP contribution in [0.25, 0.3) is 0 Å². The number of hydrogen-bond donors (Lipinski definition) is 1. The van der Waals surface area contributed by atoms with Crippen molar-refractivity contribution in [3.05, 3.63) is 71.2 Å². The Balaban J connectivity index is 1.48. The van der Waals surface area contributed by atoms with Gasteiger partial charge in [0.25, 0.3) is 0 Å². The fourth-order valence-electron chi connectivity index (χ4n) is 2.40. The van der Waals surface area contributed by atoms with Crippen LogP contribution in [-0.4, -0.2) is 6.54 Å². The van der Waals surface area contributed by atoms with Crippen molar-refractivity contribution in [2.75, 3.05) is 6.54 Å². The van der Waals surface area contributed by atoms with Gasteiger partial charge in [-0.2, -0.15) is 4.73 Å². The third kappa shape index (κ3) is 5.96. The number of pyridine rings is 1. The van der Waals surface area contributed by atoms with Gasteiger partial charge in [-0.15, -0.1) is 0 Å². The lowest BCUT2D eigenvalue weighted by atomic mass is 10.1. The normalized spacial score (nSPS) is 10.7. The molecule has 2 aromatic rings. The third-order valence-electron chi connectivity index (χ3n) is 3.61. The summed E-state index contributed by atoms with van der Waals surface area (Å²) >= 11 is 0. The minimum absolute atomic E-state index is 0.875. The van der Waals surface area contributed by atoms with Gasteiger partial charge in [-0.05, 0) is 24.9 Å². The Morgan fingerprint density at radius 2 is 1.62 bits per heavy atom. The standard InChI is InChI=1S/C18H24N2O/c21-20-15-9-7-13-18(20)12-6-1-2-8-14-19-16-17-10-4-3-5-11-17/h3-5,7,9-11,13,15,19H,1-2,6,8,12,14,16H2. The largest absolute Gasteiger partial charge is 0.619 e. The summed E-state index contributed by atoms with van der Waals surface area (Å²) in [5, 5.41) is 14.9. The molecule has 0 radical (unpaired) electrons. The maximum Gasteiger partial charge on any atom is 0.192 e. The zero-order valence-corrected chi connectivity index (χ0v) is 12.5. The van der Waals surface area contributed by atoms with Crippen LogP contribution in [0.5, 0.6) is 0 Å². The highest BCUT2D eigenvalue weighted by Crippen LogP contribution is 2.04. The van der Waals surface area contributed by atoms with Crippen LogP contribution in [0.4, 0.5) is 0 Å². The van der Waals surface area contributed by atoms with E-state index in [9.17, 15) is 5.21 Å². The van der Waals surface area contributed by atoms with Crippen LogP contribution in [0.15, 0.2) is 54.7 Å². The molecule has 0 fully saturated rings. The highest BCUT2D eigenvalue weighted by atomic mass is 16.5. The van der Waals surface area contributed by atoms with Crippen molar-refractivity contribution in [3.8, 4) is 0 Å². The molecule has 0 aliphatic carbocycles. The maximum atomic E-state index is 11.5. The van der Waals surface area contributed by atoms with E-state index >= 15 is 0 Å². The van der Waals surface area contributed by atoms with Gasteiger partial charge in [-0.1, -0.05) is 49.2 Å². The molecule has 0 atom stereocenters. The smallest absolute Gasteiger partial charge is 0.192 e. The van der Waals surface area contributed by atoms with Gasteiger partial charge in [0.15, 0.2) is 11.9 Å². The van der Waals surface area contributed by atoms with E-state index in [-0.39, 0.29) is 0 Å². The topological polar surface area (TPSA) is 39.0 Å². The van der Waals surface area contributed by atoms with E-state index in [4.69, 9.17) is 0 Å². The van der Waals surface area contributed by atoms with Crippen LogP contribution in [-0.2, 0) is 13.0 Å². The first-order valence-corrected chi connectivity index (χ1v) is 7.78. The molecule has 0 spiro atoms. The van der Waals surface area contributed by atoms with Gasteiger partial charge >= 0.3 is 0 Å². The number of rotatable bonds is 9.